The van der Waals surface area contributed by atoms with E-state index in [4.69, 9.17) is 9.47 Å². The predicted molar refractivity (Wildman–Crippen MR) is 98.2 cm³/mol. The molecule has 1 fully saturated rings. The van der Waals surface area contributed by atoms with Crippen molar-refractivity contribution >= 4 is 16.7 Å². The Hall–Kier alpha value is -2.86. The molecular weight excluding hydrogens is 330 g/mol. The molecule has 6 nitrogen and oxygen atoms in total. The number of methoxy groups -OCH3 is 1. The summed E-state index contributed by atoms with van der Waals surface area (Å²) >= 11 is 0. The van der Waals surface area contributed by atoms with Gasteiger partial charge in [-0.05, 0) is 17.5 Å². The number of esters is 1. The maximum absolute atomic E-state index is 11.9. The van der Waals surface area contributed by atoms with E-state index >= 15 is 0 Å². The third kappa shape index (κ3) is 3.41. The van der Waals surface area contributed by atoms with Gasteiger partial charge in [-0.25, -0.2) is 4.79 Å². The minimum absolute atomic E-state index is 0.356. The average molecular weight is 351 g/mol. The highest BCUT2D eigenvalue weighted by Gasteiger charge is 2.34. The molecule has 0 aliphatic carbocycles. The summed E-state index contributed by atoms with van der Waals surface area (Å²) in [5.74, 6) is 0.363. The molecule has 0 spiro atoms. The maximum Gasteiger partial charge on any atom is 0.338 e. The molecule has 2 heterocycles. The van der Waals surface area contributed by atoms with Gasteiger partial charge in [0, 0.05) is 37.3 Å². The zero-order chi connectivity index (χ0) is 18.1. The molecule has 1 aromatic heterocycles. The summed E-state index contributed by atoms with van der Waals surface area (Å²) in [6, 6.07) is 11.9. The van der Waals surface area contributed by atoms with Gasteiger partial charge in [0.2, 0.25) is 0 Å². The molecule has 1 aliphatic rings. The van der Waals surface area contributed by atoms with Gasteiger partial charge >= 0.3 is 5.97 Å². The van der Waals surface area contributed by atoms with E-state index in [2.05, 4.69) is 10.00 Å². The molecule has 4 rings (SSSR count). The molecule has 3 aromatic rings. The van der Waals surface area contributed by atoms with Gasteiger partial charge < -0.3 is 9.47 Å². The van der Waals surface area contributed by atoms with Gasteiger partial charge in [-0.1, -0.05) is 24.3 Å². The van der Waals surface area contributed by atoms with E-state index in [0.717, 1.165) is 29.6 Å². The topological polar surface area (TPSA) is 56.4 Å². The number of nitrogens with zero attached hydrogens (tertiary/aromatic N) is 3. The van der Waals surface area contributed by atoms with Crippen LogP contribution in [0.15, 0.2) is 48.8 Å². The Morgan fingerprint density at radius 3 is 2.92 bits per heavy atom. The molecule has 2 atom stereocenters. The van der Waals surface area contributed by atoms with Gasteiger partial charge in [-0.3, -0.25) is 9.58 Å². The van der Waals surface area contributed by atoms with E-state index in [1.807, 2.05) is 54.5 Å². The minimum atomic E-state index is -0.356. The van der Waals surface area contributed by atoms with Crippen LogP contribution < -0.4 is 4.74 Å². The lowest BCUT2D eigenvalue weighted by Crippen LogP contribution is -2.11. The Morgan fingerprint density at radius 2 is 2.15 bits per heavy atom. The molecule has 0 radical (unpaired) electrons. The number of fused-ring (bicyclic) bond motifs is 1. The normalized spacial score (nSPS) is 18.7. The SMILES string of the molecule is COC(=O)c1cc(OCC2CN2Cc2cnn(C)c2)c2ccccc2c1. The van der Waals surface area contributed by atoms with Gasteiger partial charge in [0.05, 0.1) is 24.9 Å². The summed E-state index contributed by atoms with van der Waals surface area (Å²) in [4.78, 5) is 14.3. The van der Waals surface area contributed by atoms with Gasteiger partial charge in [-0.2, -0.15) is 5.10 Å². The van der Waals surface area contributed by atoms with Gasteiger partial charge in [-0.15, -0.1) is 0 Å². The van der Waals surface area contributed by atoms with Crippen LogP contribution in [0.5, 0.6) is 5.75 Å². The molecular formula is C20H21N3O3. The molecule has 0 saturated carbocycles. The standard InChI is InChI=1S/C20H21N3O3/c1-22-10-14(9-21-22)11-23-12-17(23)13-26-19-8-16(20(24)25-2)7-15-5-3-4-6-18(15)19/h3-10,17H,11-13H2,1-2H3. The highest BCUT2D eigenvalue weighted by Crippen LogP contribution is 2.30. The summed E-state index contributed by atoms with van der Waals surface area (Å²) < 4.78 is 12.7. The van der Waals surface area contributed by atoms with Crippen LogP contribution in [0.3, 0.4) is 0 Å². The number of hydrogen-bond donors (Lipinski definition) is 0. The largest absolute Gasteiger partial charge is 0.491 e. The lowest BCUT2D eigenvalue weighted by atomic mass is 10.1. The summed E-state index contributed by atoms with van der Waals surface area (Å²) in [5, 5.41) is 6.17. The molecule has 2 unspecified atom stereocenters. The molecule has 1 saturated heterocycles. The second-order valence-corrected chi connectivity index (χ2v) is 6.60. The Bertz CT molecular complexity index is 950. The first-order chi connectivity index (χ1) is 12.6. The number of aryl methyl sites for hydroxylation is 1. The zero-order valence-electron chi connectivity index (χ0n) is 14.9. The summed E-state index contributed by atoms with van der Waals surface area (Å²) in [6.45, 7) is 2.48. The van der Waals surface area contributed by atoms with Crippen molar-refractivity contribution in [2.45, 2.75) is 12.6 Å². The van der Waals surface area contributed by atoms with Gasteiger partial charge in [0.25, 0.3) is 0 Å². The Morgan fingerprint density at radius 1 is 1.31 bits per heavy atom. The summed E-state index contributed by atoms with van der Waals surface area (Å²) in [5.41, 5.74) is 1.71. The second kappa shape index (κ2) is 6.80. The van der Waals surface area contributed by atoms with E-state index in [1.165, 1.54) is 12.7 Å². The van der Waals surface area contributed by atoms with Crippen molar-refractivity contribution in [2.24, 2.45) is 7.05 Å². The van der Waals surface area contributed by atoms with Crippen molar-refractivity contribution in [3.05, 3.63) is 59.9 Å². The van der Waals surface area contributed by atoms with Crippen LogP contribution in [0.4, 0.5) is 0 Å². The lowest BCUT2D eigenvalue weighted by molar-refractivity contribution is 0.0600. The fraction of sp³-hybridized carbons (Fsp3) is 0.300. The molecule has 1 aliphatic heterocycles. The van der Waals surface area contributed by atoms with Crippen molar-refractivity contribution in [3.63, 3.8) is 0 Å². The number of benzene rings is 2. The molecule has 26 heavy (non-hydrogen) atoms. The smallest absolute Gasteiger partial charge is 0.338 e. The van der Waals surface area contributed by atoms with Crippen molar-refractivity contribution < 1.29 is 14.3 Å². The number of ether oxygens (including phenoxy) is 2. The Kier molecular flexibility index (Phi) is 4.34. The highest BCUT2D eigenvalue weighted by atomic mass is 16.5. The maximum atomic E-state index is 11.9. The molecule has 0 amide bonds. The monoisotopic (exact) mass is 351 g/mol. The van der Waals surface area contributed by atoms with Crippen LogP contribution in [0.2, 0.25) is 0 Å². The van der Waals surface area contributed by atoms with Crippen molar-refractivity contribution in [1.29, 1.82) is 0 Å². The first-order valence-corrected chi connectivity index (χ1v) is 8.59. The zero-order valence-corrected chi connectivity index (χ0v) is 14.9. The van der Waals surface area contributed by atoms with Gasteiger partial charge in [0.1, 0.15) is 12.4 Å². The van der Waals surface area contributed by atoms with Crippen LogP contribution >= 0.6 is 0 Å². The van der Waals surface area contributed by atoms with E-state index in [9.17, 15) is 4.79 Å². The first-order valence-electron chi connectivity index (χ1n) is 8.59. The van der Waals surface area contributed by atoms with E-state index < -0.39 is 0 Å². The van der Waals surface area contributed by atoms with Crippen LogP contribution in [0, 0.1) is 0 Å². The lowest BCUT2D eigenvalue weighted by Gasteiger charge is -2.11. The minimum Gasteiger partial charge on any atom is -0.491 e. The number of rotatable bonds is 6. The second-order valence-electron chi connectivity index (χ2n) is 6.60. The number of aromatic nitrogens is 2. The highest BCUT2D eigenvalue weighted by molar-refractivity contribution is 5.98. The van der Waals surface area contributed by atoms with Crippen LogP contribution in [0.25, 0.3) is 10.8 Å². The van der Waals surface area contributed by atoms with Crippen molar-refractivity contribution in [3.8, 4) is 5.75 Å². The Labute approximate surface area is 151 Å². The van der Waals surface area contributed by atoms with E-state index in [0.29, 0.717) is 18.2 Å². The van der Waals surface area contributed by atoms with Crippen LogP contribution in [0.1, 0.15) is 15.9 Å². The number of hydrogen-bond acceptors (Lipinski definition) is 5. The molecule has 134 valence electrons. The quantitative estimate of drug-likeness (QED) is 0.505. The van der Waals surface area contributed by atoms with E-state index in [1.54, 1.807) is 6.07 Å². The third-order valence-electron chi connectivity index (χ3n) is 4.65. The Balaban J connectivity index is 1.46. The fourth-order valence-electron chi connectivity index (χ4n) is 3.18. The van der Waals surface area contributed by atoms with E-state index in [-0.39, 0.29) is 5.97 Å². The number of carbonyl (C=O) groups is 1. The fourth-order valence-corrected chi connectivity index (χ4v) is 3.18. The molecule has 2 aromatic carbocycles. The van der Waals surface area contributed by atoms with Crippen molar-refractivity contribution in [2.75, 3.05) is 20.3 Å². The molecule has 6 heteroatoms. The predicted octanol–water partition coefficient (Wildman–Crippen LogP) is 2.62. The number of carbonyl (C=O) groups excluding carboxylic acids is 1. The first kappa shape index (κ1) is 16.6. The van der Waals surface area contributed by atoms with Crippen LogP contribution in [-0.4, -0.2) is 47.0 Å². The molecule has 0 bridgehead atoms. The van der Waals surface area contributed by atoms with Crippen molar-refractivity contribution in [1.82, 2.24) is 14.7 Å². The summed E-state index contributed by atoms with van der Waals surface area (Å²) in [6.07, 6.45) is 3.92. The summed E-state index contributed by atoms with van der Waals surface area (Å²) in [7, 11) is 3.31. The average Bonchev–Trinajstić information content (AvgIpc) is 3.27. The van der Waals surface area contributed by atoms with Crippen LogP contribution in [-0.2, 0) is 18.3 Å². The van der Waals surface area contributed by atoms with Gasteiger partial charge in [0.15, 0.2) is 0 Å². The third-order valence-corrected chi connectivity index (χ3v) is 4.65. The molecule has 0 N–H and O–H groups in total.